The van der Waals surface area contributed by atoms with Crippen LogP contribution in [0.5, 0.6) is 0 Å². The van der Waals surface area contributed by atoms with Crippen molar-refractivity contribution < 1.29 is 8.42 Å². The van der Waals surface area contributed by atoms with E-state index >= 15 is 0 Å². The second-order valence-electron chi connectivity index (χ2n) is 4.53. The molecular formula is C12H14N4O2S. The Morgan fingerprint density at radius 2 is 1.84 bits per heavy atom. The zero-order valence-corrected chi connectivity index (χ0v) is 11.6. The van der Waals surface area contributed by atoms with Crippen LogP contribution in [0.2, 0.25) is 0 Å². The normalized spacial score (nSPS) is 12.5. The maximum absolute atomic E-state index is 11.8. The Morgan fingerprint density at radius 3 is 2.47 bits per heavy atom. The largest absolute Gasteiger partial charge is 0.308 e. The number of hydrogen-bond donors (Lipinski definition) is 0. The molecule has 100 valence electrons. The van der Waals surface area contributed by atoms with Crippen molar-refractivity contribution in [1.82, 2.24) is 19.2 Å². The van der Waals surface area contributed by atoms with Crippen molar-refractivity contribution in [3.05, 3.63) is 24.3 Å². The van der Waals surface area contributed by atoms with Crippen molar-refractivity contribution in [2.75, 3.05) is 6.26 Å². The molecular weight excluding hydrogens is 264 g/mol. The number of para-hydroxylation sites is 2. The van der Waals surface area contributed by atoms with E-state index in [-0.39, 0.29) is 5.16 Å². The van der Waals surface area contributed by atoms with Crippen LogP contribution >= 0.6 is 0 Å². The summed E-state index contributed by atoms with van der Waals surface area (Å²) in [6, 6.07) is 7.66. The van der Waals surface area contributed by atoms with Gasteiger partial charge in [-0.15, -0.1) is 10.2 Å². The van der Waals surface area contributed by atoms with Crippen molar-refractivity contribution in [3.63, 3.8) is 0 Å². The number of fused-ring (bicyclic) bond motifs is 3. The fraction of sp³-hybridized carbons (Fsp3) is 0.333. The Morgan fingerprint density at radius 1 is 1.16 bits per heavy atom. The molecule has 1 aromatic carbocycles. The third kappa shape index (κ3) is 1.73. The number of aromatic nitrogens is 4. The smallest absolute Gasteiger partial charge is 0.255 e. The second-order valence-corrected chi connectivity index (χ2v) is 6.44. The van der Waals surface area contributed by atoms with Crippen molar-refractivity contribution in [1.29, 1.82) is 0 Å². The van der Waals surface area contributed by atoms with E-state index in [1.807, 2.05) is 28.8 Å². The molecule has 0 saturated carbocycles. The van der Waals surface area contributed by atoms with E-state index in [2.05, 4.69) is 17.1 Å². The summed E-state index contributed by atoms with van der Waals surface area (Å²) >= 11 is 0. The molecule has 0 fully saturated rings. The van der Waals surface area contributed by atoms with Gasteiger partial charge in [0.2, 0.25) is 15.6 Å². The summed E-state index contributed by atoms with van der Waals surface area (Å²) < 4.78 is 27.2. The van der Waals surface area contributed by atoms with Crippen LogP contribution in [0.4, 0.5) is 0 Å². The van der Waals surface area contributed by atoms with E-state index in [1.54, 1.807) is 4.40 Å². The summed E-state index contributed by atoms with van der Waals surface area (Å²) in [6.07, 6.45) is 2.09. The van der Waals surface area contributed by atoms with Gasteiger partial charge in [-0.2, -0.15) is 0 Å². The van der Waals surface area contributed by atoms with Gasteiger partial charge in [0.05, 0.1) is 11.0 Å². The Bertz CT molecular complexity index is 860. The molecule has 2 heterocycles. The van der Waals surface area contributed by atoms with Gasteiger partial charge in [-0.3, -0.25) is 0 Å². The van der Waals surface area contributed by atoms with Gasteiger partial charge in [-0.1, -0.05) is 19.1 Å². The minimum atomic E-state index is -3.40. The number of aryl methyl sites for hydroxylation is 1. The molecule has 0 aliphatic carbocycles. The number of rotatable bonds is 3. The van der Waals surface area contributed by atoms with Crippen molar-refractivity contribution in [2.24, 2.45) is 0 Å². The molecule has 0 amide bonds. The number of sulfone groups is 1. The summed E-state index contributed by atoms with van der Waals surface area (Å²) in [7, 11) is -3.40. The van der Waals surface area contributed by atoms with Gasteiger partial charge < -0.3 is 4.57 Å². The Balaban J connectivity index is 2.51. The third-order valence-corrected chi connectivity index (χ3v) is 3.98. The lowest BCUT2D eigenvalue weighted by Gasteiger charge is -2.00. The van der Waals surface area contributed by atoms with Crippen LogP contribution in [0.3, 0.4) is 0 Å². The van der Waals surface area contributed by atoms with Crippen molar-refractivity contribution in [2.45, 2.75) is 25.0 Å². The molecule has 0 N–H and O–H groups in total. The predicted molar refractivity (Wildman–Crippen MR) is 71.9 cm³/mol. The highest BCUT2D eigenvalue weighted by atomic mass is 32.2. The molecule has 0 radical (unpaired) electrons. The lowest BCUT2D eigenvalue weighted by Crippen LogP contribution is -2.03. The minimum absolute atomic E-state index is 0.00597. The highest BCUT2D eigenvalue weighted by Crippen LogP contribution is 2.23. The van der Waals surface area contributed by atoms with Crippen LogP contribution < -0.4 is 0 Å². The third-order valence-electron chi connectivity index (χ3n) is 3.05. The zero-order valence-electron chi connectivity index (χ0n) is 10.7. The molecule has 2 aromatic heterocycles. The number of imidazole rings is 1. The second kappa shape index (κ2) is 4.06. The molecule has 0 saturated heterocycles. The monoisotopic (exact) mass is 278 g/mol. The van der Waals surface area contributed by atoms with Crippen LogP contribution in [0.25, 0.3) is 16.8 Å². The summed E-state index contributed by atoms with van der Waals surface area (Å²) in [5, 5.41) is 7.86. The Labute approximate surface area is 110 Å². The number of nitrogens with zero attached hydrogens (tertiary/aromatic N) is 4. The lowest BCUT2D eigenvalue weighted by molar-refractivity contribution is 0.592. The van der Waals surface area contributed by atoms with E-state index < -0.39 is 9.84 Å². The Hall–Kier alpha value is -1.89. The fourth-order valence-electron chi connectivity index (χ4n) is 2.32. The van der Waals surface area contributed by atoms with E-state index in [9.17, 15) is 8.42 Å². The molecule has 3 aromatic rings. The van der Waals surface area contributed by atoms with Gasteiger partial charge >= 0.3 is 0 Å². The van der Waals surface area contributed by atoms with Gasteiger partial charge in [-0.05, 0) is 18.6 Å². The average molecular weight is 278 g/mol. The molecule has 6 nitrogen and oxygen atoms in total. The van der Waals surface area contributed by atoms with Crippen LogP contribution in [0.15, 0.2) is 29.4 Å². The molecule has 0 atom stereocenters. The van der Waals surface area contributed by atoms with Gasteiger partial charge in [0.25, 0.3) is 5.16 Å². The zero-order chi connectivity index (χ0) is 13.6. The molecule has 0 aliphatic rings. The van der Waals surface area contributed by atoms with E-state index in [1.165, 1.54) is 0 Å². The molecule has 0 aliphatic heterocycles. The first-order valence-corrected chi connectivity index (χ1v) is 7.95. The SMILES string of the molecule is CCCn1c2ccccc2n2c(S(C)(=O)=O)nnc12. The first-order chi connectivity index (χ1) is 9.04. The van der Waals surface area contributed by atoms with E-state index in [0.717, 1.165) is 30.3 Å². The van der Waals surface area contributed by atoms with Gasteiger partial charge in [-0.25, -0.2) is 12.8 Å². The van der Waals surface area contributed by atoms with E-state index in [4.69, 9.17) is 0 Å². The fourth-order valence-corrected chi connectivity index (χ4v) is 3.02. The summed E-state index contributed by atoms with van der Waals surface area (Å²) in [6.45, 7) is 2.85. The molecule has 7 heteroatoms. The minimum Gasteiger partial charge on any atom is -0.308 e. The highest BCUT2D eigenvalue weighted by molar-refractivity contribution is 7.90. The van der Waals surface area contributed by atoms with E-state index in [0.29, 0.717) is 5.78 Å². The maximum Gasteiger partial charge on any atom is 0.255 e. The number of hydrogen-bond acceptors (Lipinski definition) is 4. The summed E-state index contributed by atoms with van der Waals surface area (Å²) in [5.74, 6) is 0.573. The lowest BCUT2D eigenvalue weighted by atomic mass is 10.3. The molecule has 0 spiro atoms. The summed E-state index contributed by atoms with van der Waals surface area (Å²) in [5.41, 5.74) is 1.79. The van der Waals surface area contributed by atoms with Gasteiger partial charge in [0, 0.05) is 12.8 Å². The quantitative estimate of drug-likeness (QED) is 0.728. The van der Waals surface area contributed by atoms with Crippen LogP contribution in [0, 0.1) is 0 Å². The molecule has 3 rings (SSSR count). The first kappa shape index (κ1) is 12.2. The number of benzene rings is 1. The molecule has 19 heavy (non-hydrogen) atoms. The predicted octanol–water partition coefficient (Wildman–Crippen LogP) is 1.50. The topological polar surface area (TPSA) is 69.3 Å². The average Bonchev–Trinajstić information content (AvgIpc) is 2.90. The maximum atomic E-state index is 11.8. The van der Waals surface area contributed by atoms with Crippen LogP contribution in [0.1, 0.15) is 13.3 Å². The standard InChI is InChI=1S/C12H14N4O2S/c1-3-8-15-9-6-4-5-7-10(9)16-11(15)13-14-12(16)19(2,17)18/h4-7H,3,8H2,1-2H3. The van der Waals surface area contributed by atoms with Gasteiger partial charge in [0.15, 0.2) is 0 Å². The van der Waals surface area contributed by atoms with Gasteiger partial charge in [0.1, 0.15) is 0 Å². The van der Waals surface area contributed by atoms with Crippen LogP contribution in [-0.2, 0) is 16.4 Å². The van der Waals surface area contributed by atoms with Crippen molar-refractivity contribution in [3.8, 4) is 0 Å². The summed E-state index contributed by atoms with van der Waals surface area (Å²) in [4.78, 5) is 0. The highest BCUT2D eigenvalue weighted by Gasteiger charge is 2.21. The van der Waals surface area contributed by atoms with Crippen LogP contribution in [-0.4, -0.2) is 33.8 Å². The molecule has 0 unspecified atom stereocenters. The molecule has 0 bridgehead atoms. The first-order valence-electron chi connectivity index (χ1n) is 6.06. The van der Waals surface area contributed by atoms with Crippen molar-refractivity contribution >= 4 is 26.6 Å². The Kier molecular flexibility index (Phi) is 2.60.